The Hall–Kier alpha value is -3.07. The average molecular weight is 317 g/mol. The molecule has 0 amide bonds. The van der Waals surface area contributed by atoms with Gasteiger partial charge in [-0.1, -0.05) is 66.7 Å². The van der Waals surface area contributed by atoms with Crippen LogP contribution < -0.4 is 5.32 Å². The number of rotatable bonds is 5. The Morgan fingerprint density at radius 1 is 0.958 bits per heavy atom. The van der Waals surface area contributed by atoms with Crippen LogP contribution in [-0.4, -0.2) is 12.6 Å². The number of fused-ring (bicyclic) bond motifs is 1. The molecule has 0 unspecified atom stereocenters. The van der Waals surface area contributed by atoms with Crippen molar-refractivity contribution < 1.29 is 9.53 Å². The molecule has 1 N–H and O–H groups in total. The molecule has 0 bridgehead atoms. The van der Waals surface area contributed by atoms with Gasteiger partial charge in [-0.2, -0.15) is 0 Å². The molecule has 3 nitrogen and oxygen atoms in total. The Kier molecular flexibility index (Phi) is 4.92. The molecule has 3 heteroatoms. The molecule has 0 spiro atoms. The number of carbonyl (C=O) groups excluding carboxylic acids is 1. The van der Waals surface area contributed by atoms with Gasteiger partial charge in [0.25, 0.3) is 0 Å². The first kappa shape index (κ1) is 15.8. The van der Waals surface area contributed by atoms with Gasteiger partial charge in [-0.15, -0.1) is 0 Å². The number of hydrogen-bond acceptors (Lipinski definition) is 3. The fourth-order valence-corrected chi connectivity index (χ4v) is 2.59. The number of ether oxygens (including phenoxy) is 1. The smallest absolute Gasteiger partial charge is 0.332 e. The van der Waals surface area contributed by atoms with Gasteiger partial charge in [-0.3, -0.25) is 0 Å². The predicted molar refractivity (Wildman–Crippen MR) is 98.6 cm³/mol. The maximum Gasteiger partial charge on any atom is 0.332 e. The van der Waals surface area contributed by atoms with Crippen LogP contribution in [0.15, 0.2) is 78.9 Å². The van der Waals surface area contributed by atoms with Crippen LogP contribution in [0.3, 0.4) is 0 Å². The molecule has 24 heavy (non-hydrogen) atoms. The van der Waals surface area contributed by atoms with Crippen LogP contribution in [0.4, 0.5) is 5.69 Å². The minimum Gasteiger partial charge on any atom is -0.463 e. The third-order valence-electron chi connectivity index (χ3n) is 3.69. The molecule has 3 rings (SSSR count). The molecule has 0 saturated carbocycles. The van der Waals surface area contributed by atoms with Gasteiger partial charge in [0, 0.05) is 17.1 Å². The molecule has 0 radical (unpaired) electrons. The lowest BCUT2D eigenvalue weighted by molar-refractivity contribution is -0.137. The van der Waals surface area contributed by atoms with Crippen molar-refractivity contribution >= 4 is 28.1 Å². The molecule has 0 aliphatic rings. The molecule has 3 aromatic rings. The van der Waals surface area contributed by atoms with E-state index in [9.17, 15) is 4.79 Å². The first-order valence-electron chi connectivity index (χ1n) is 7.96. The van der Waals surface area contributed by atoms with Crippen molar-refractivity contribution in [3.63, 3.8) is 0 Å². The quantitative estimate of drug-likeness (QED) is 0.539. The van der Waals surface area contributed by atoms with E-state index in [0.29, 0.717) is 12.3 Å². The van der Waals surface area contributed by atoms with Gasteiger partial charge in [-0.05, 0) is 23.9 Å². The molecule has 120 valence electrons. The fraction of sp³-hybridized carbons (Fsp3) is 0.0952. The van der Waals surface area contributed by atoms with Crippen molar-refractivity contribution in [2.75, 3.05) is 11.9 Å². The highest BCUT2D eigenvalue weighted by Crippen LogP contribution is 2.26. The Morgan fingerprint density at radius 3 is 2.46 bits per heavy atom. The fourth-order valence-electron chi connectivity index (χ4n) is 2.59. The van der Waals surface area contributed by atoms with Crippen molar-refractivity contribution in [3.8, 4) is 0 Å². The normalized spacial score (nSPS) is 11.3. The molecule has 0 aliphatic heterocycles. The Morgan fingerprint density at radius 2 is 1.67 bits per heavy atom. The van der Waals surface area contributed by atoms with Gasteiger partial charge < -0.3 is 10.1 Å². The van der Waals surface area contributed by atoms with Gasteiger partial charge in [-0.25, -0.2) is 4.79 Å². The van der Waals surface area contributed by atoms with Crippen LogP contribution >= 0.6 is 0 Å². The zero-order chi connectivity index (χ0) is 16.8. The molecule has 3 aromatic carbocycles. The predicted octanol–water partition coefficient (Wildman–Crippen LogP) is 4.86. The summed E-state index contributed by atoms with van der Waals surface area (Å²) in [6.07, 6.45) is 1.50. The Balaban J connectivity index is 2.01. The van der Waals surface area contributed by atoms with Gasteiger partial charge >= 0.3 is 5.97 Å². The van der Waals surface area contributed by atoms with E-state index in [1.54, 1.807) is 6.92 Å². The zero-order valence-corrected chi connectivity index (χ0v) is 13.5. The third kappa shape index (κ3) is 3.63. The zero-order valence-electron chi connectivity index (χ0n) is 13.5. The summed E-state index contributed by atoms with van der Waals surface area (Å²) in [6, 6.07) is 24.0. The van der Waals surface area contributed by atoms with Gasteiger partial charge in [0.1, 0.15) is 0 Å². The summed E-state index contributed by atoms with van der Waals surface area (Å²) in [5, 5.41) is 5.63. The first-order chi connectivity index (χ1) is 11.8. The van der Waals surface area contributed by atoms with Crippen molar-refractivity contribution in [1.29, 1.82) is 0 Å². The molecule has 0 fully saturated rings. The summed E-state index contributed by atoms with van der Waals surface area (Å²) >= 11 is 0. The minimum absolute atomic E-state index is 0.353. The number of esters is 1. The molecule has 0 atom stereocenters. The van der Waals surface area contributed by atoms with E-state index in [4.69, 9.17) is 4.74 Å². The van der Waals surface area contributed by atoms with E-state index in [-0.39, 0.29) is 5.97 Å². The highest BCUT2D eigenvalue weighted by atomic mass is 16.5. The van der Waals surface area contributed by atoms with E-state index in [1.807, 2.05) is 54.6 Å². The lowest BCUT2D eigenvalue weighted by atomic mass is 10.1. The maximum absolute atomic E-state index is 11.9. The van der Waals surface area contributed by atoms with Crippen molar-refractivity contribution in [3.05, 3.63) is 84.4 Å². The van der Waals surface area contributed by atoms with Crippen molar-refractivity contribution in [2.24, 2.45) is 0 Å². The van der Waals surface area contributed by atoms with Crippen LogP contribution in [0, 0.1) is 0 Å². The molecular weight excluding hydrogens is 298 g/mol. The third-order valence-corrected chi connectivity index (χ3v) is 3.69. The monoisotopic (exact) mass is 317 g/mol. The van der Waals surface area contributed by atoms with Crippen LogP contribution in [-0.2, 0) is 9.53 Å². The number of carbonyl (C=O) groups is 1. The van der Waals surface area contributed by atoms with Gasteiger partial charge in [0.05, 0.1) is 12.3 Å². The average Bonchev–Trinajstić information content (AvgIpc) is 2.62. The van der Waals surface area contributed by atoms with Crippen LogP contribution in [0.1, 0.15) is 12.5 Å². The topological polar surface area (TPSA) is 38.3 Å². The summed E-state index contributed by atoms with van der Waals surface area (Å²) in [5.41, 5.74) is 2.59. The van der Waals surface area contributed by atoms with E-state index in [0.717, 1.165) is 22.0 Å². The molecule has 0 saturated heterocycles. The van der Waals surface area contributed by atoms with Crippen LogP contribution in [0.2, 0.25) is 0 Å². The van der Waals surface area contributed by atoms with E-state index >= 15 is 0 Å². The van der Waals surface area contributed by atoms with Crippen molar-refractivity contribution in [1.82, 2.24) is 0 Å². The van der Waals surface area contributed by atoms with E-state index < -0.39 is 0 Å². The van der Waals surface area contributed by atoms with Crippen molar-refractivity contribution in [2.45, 2.75) is 6.92 Å². The second kappa shape index (κ2) is 7.47. The summed E-state index contributed by atoms with van der Waals surface area (Å²) in [6.45, 7) is 2.15. The van der Waals surface area contributed by atoms with E-state index in [1.165, 1.54) is 6.08 Å². The highest BCUT2D eigenvalue weighted by molar-refractivity contribution is 6.00. The summed E-state index contributed by atoms with van der Waals surface area (Å²) < 4.78 is 5.06. The summed E-state index contributed by atoms with van der Waals surface area (Å²) in [7, 11) is 0. The number of benzene rings is 3. The first-order valence-corrected chi connectivity index (χ1v) is 7.96. The standard InChI is InChI=1S/C21H19NO2/c1-2-24-21(23)15-20(17-10-4-3-5-11-17)22-19-14-8-12-16-9-6-7-13-18(16)19/h3-15,22H,2H2,1H3/b20-15+. The maximum atomic E-state index is 11.9. The van der Waals surface area contributed by atoms with Gasteiger partial charge in [0.15, 0.2) is 0 Å². The lowest BCUT2D eigenvalue weighted by Gasteiger charge is -2.14. The Bertz CT molecular complexity index is 864. The van der Waals surface area contributed by atoms with Crippen LogP contribution in [0.25, 0.3) is 16.5 Å². The molecular formula is C21H19NO2. The lowest BCUT2D eigenvalue weighted by Crippen LogP contribution is -2.06. The minimum atomic E-state index is -0.357. The van der Waals surface area contributed by atoms with E-state index in [2.05, 4.69) is 23.5 Å². The number of hydrogen-bond donors (Lipinski definition) is 1. The SMILES string of the molecule is CCOC(=O)/C=C(/Nc1cccc2ccccc12)c1ccccc1. The molecule has 0 aliphatic carbocycles. The number of anilines is 1. The molecule has 0 heterocycles. The molecule has 0 aromatic heterocycles. The summed E-state index contributed by atoms with van der Waals surface area (Å²) in [5.74, 6) is -0.357. The summed E-state index contributed by atoms with van der Waals surface area (Å²) in [4.78, 5) is 11.9. The largest absolute Gasteiger partial charge is 0.463 e. The Labute approximate surface area is 141 Å². The second-order valence-electron chi connectivity index (χ2n) is 5.33. The highest BCUT2D eigenvalue weighted by Gasteiger charge is 2.08. The second-order valence-corrected chi connectivity index (χ2v) is 5.33. The van der Waals surface area contributed by atoms with Gasteiger partial charge in [0.2, 0.25) is 0 Å². The van der Waals surface area contributed by atoms with Crippen LogP contribution in [0.5, 0.6) is 0 Å². The number of nitrogens with one attached hydrogen (secondary N) is 1.